The molecule has 1 heterocycles. The maximum Gasteiger partial charge on any atom is 0.417 e. The van der Waals surface area contributed by atoms with Gasteiger partial charge in [0.2, 0.25) is 0 Å². The molecule has 68 valence electrons. The fraction of sp³-hybridized carbons (Fsp3) is 0.625. The third kappa shape index (κ3) is 1.68. The second-order valence-electron chi connectivity index (χ2n) is 3.00. The number of hydrogen-bond acceptors (Lipinski definition) is 1. The first-order valence-corrected chi connectivity index (χ1v) is 3.75. The Morgan fingerprint density at radius 3 is 2.33 bits per heavy atom. The summed E-state index contributed by atoms with van der Waals surface area (Å²) in [6, 6.07) is 0. The average molecular weight is 177 g/mol. The highest BCUT2D eigenvalue weighted by molar-refractivity contribution is 6.04. The molecule has 0 aromatic heterocycles. The molecular formula is C8H10F3N. The van der Waals surface area contributed by atoms with E-state index in [-0.39, 0.29) is 18.2 Å². The van der Waals surface area contributed by atoms with Gasteiger partial charge in [0.05, 0.1) is 12.1 Å². The smallest absolute Gasteiger partial charge is 0.285 e. The van der Waals surface area contributed by atoms with E-state index in [0.29, 0.717) is 0 Å². The van der Waals surface area contributed by atoms with Crippen LogP contribution < -0.4 is 0 Å². The minimum atomic E-state index is -4.24. The van der Waals surface area contributed by atoms with E-state index in [4.69, 9.17) is 0 Å². The first-order valence-electron chi connectivity index (χ1n) is 3.75. The van der Waals surface area contributed by atoms with Gasteiger partial charge in [-0.3, -0.25) is 4.99 Å². The fourth-order valence-corrected chi connectivity index (χ4v) is 1.18. The molecule has 0 amide bonds. The van der Waals surface area contributed by atoms with Crippen molar-refractivity contribution in [2.24, 2.45) is 10.9 Å². The summed E-state index contributed by atoms with van der Waals surface area (Å²) < 4.78 is 36.7. The average Bonchev–Trinajstić information content (AvgIpc) is 2.30. The van der Waals surface area contributed by atoms with Gasteiger partial charge < -0.3 is 0 Å². The lowest BCUT2D eigenvalue weighted by Crippen LogP contribution is -2.21. The lowest BCUT2D eigenvalue weighted by atomic mass is 10.0. The molecule has 0 spiro atoms. The molecule has 0 bridgehead atoms. The SMILES string of the molecule is CC(C)C1=NCC=C1C(F)(F)F. The van der Waals surface area contributed by atoms with Crippen molar-refractivity contribution < 1.29 is 13.2 Å². The largest absolute Gasteiger partial charge is 0.417 e. The predicted molar refractivity (Wildman–Crippen MR) is 41.3 cm³/mol. The number of halogens is 3. The first kappa shape index (κ1) is 9.29. The fourth-order valence-electron chi connectivity index (χ4n) is 1.18. The summed E-state index contributed by atoms with van der Waals surface area (Å²) in [7, 11) is 0. The quantitative estimate of drug-likeness (QED) is 0.583. The van der Waals surface area contributed by atoms with E-state index < -0.39 is 11.7 Å². The summed E-state index contributed by atoms with van der Waals surface area (Å²) >= 11 is 0. The summed E-state index contributed by atoms with van der Waals surface area (Å²) in [6.07, 6.45) is -3.10. The van der Waals surface area contributed by atoms with Crippen LogP contribution in [0.5, 0.6) is 0 Å². The molecule has 1 nitrogen and oxygen atoms in total. The zero-order valence-electron chi connectivity index (χ0n) is 6.94. The lowest BCUT2D eigenvalue weighted by Gasteiger charge is -2.12. The van der Waals surface area contributed by atoms with Crippen molar-refractivity contribution in [2.75, 3.05) is 6.54 Å². The summed E-state index contributed by atoms with van der Waals surface area (Å²) in [5.41, 5.74) is -0.375. The van der Waals surface area contributed by atoms with Gasteiger partial charge in [-0.15, -0.1) is 0 Å². The normalized spacial score (nSPS) is 18.2. The van der Waals surface area contributed by atoms with Gasteiger partial charge in [0, 0.05) is 5.71 Å². The van der Waals surface area contributed by atoms with E-state index in [1.807, 2.05) is 0 Å². The number of alkyl halides is 3. The van der Waals surface area contributed by atoms with Crippen LogP contribution in [0.15, 0.2) is 16.6 Å². The van der Waals surface area contributed by atoms with Crippen molar-refractivity contribution in [3.05, 3.63) is 11.6 Å². The second kappa shape index (κ2) is 2.92. The van der Waals surface area contributed by atoms with E-state index in [0.717, 1.165) is 6.08 Å². The molecule has 12 heavy (non-hydrogen) atoms. The van der Waals surface area contributed by atoms with E-state index in [2.05, 4.69) is 4.99 Å². The molecule has 0 radical (unpaired) electrons. The van der Waals surface area contributed by atoms with Gasteiger partial charge in [0.15, 0.2) is 0 Å². The van der Waals surface area contributed by atoms with E-state index in [9.17, 15) is 13.2 Å². The van der Waals surface area contributed by atoms with E-state index in [1.165, 1.54) is 0 Å². The summed E-state index contributed by atoms with van der Waals surface area (Å²) in [5.74, 6) is -0.152. The summed E-state index contributed by atoms with van der Waals surface area (Å²) in [5, 5.41) is 0. The van der Waals surface area contributed by atoms with Gasteiger partial charge in [-0.2, -0.15) is 13.2 Å². The molecule has 0 N–H and O–H groups in total. The Morgan fingerprint density at radius 1 is 1.42 bits per heavy atom. The number of aliphatic imine (C=N–C) groups is 1. The van der Waals surface area contributed by atoms with Crippen molar-refractivity contribution in [1.82, 2.24) is 0 Å². The monoisotopic (exact) mass is 177 g/mol. The van der Waals surface area contributed by atoms with Crippen molar-refractivity contribution in [3.8, 4) is 0 Å². The van der Waals surface area contributed by atoms with Gasteiger partial charge in [-0.25, -0.2) is 0 Å². The number of rotatable bonds is 1. The van der Waals surface area contributed by atoms with Crippen molar-refractivity contribution in [3.63, 3.8) is 0 Å². The molecule has 4 heteroatoms. The molecule has 0 unspecified atom stereocenters. The highest BCUT2D eigenvalue weighted by Crippen LogP contribution is 2.31. The van der Waals surface area contributed by atoms with Gasteiger partial charge >= 0.3 is 6.18 Å². The van der Waals surface area contributed by atoms with Crippen LogP contribution in [0.25, 0.3) is 0 Å². The lowest BCUT2D eigenvalue weighted by molar-refractivity contribution is -0.0862. The van der Waals surface area contributed by atoms with Crippen molar-refractivity contribution >= 4 is 5.71 Å². The highest BCUT2D eigenvalue weighted by Gasteiger charge is 2.38. The molecule has 1 aliphatic heterocycles. The Morgan fingerprint density at radius 2 is 2.00 bits per heavy atom. The Labute approximate surface area is 69.0 Å². The molecule has 1 rings (SSSR count). The Bertz CT molecular complexity index is 235. The van der Waals surface area contributed by atoms with Crippen LogP contribution in [-0.4, -0.2) is 18.4 Å². The van der Waals surface area contributed by atoms with Gasteiger partial charge in [0.1, 0.15) is 0 Å². The third-order valence-electron chi connectivity index (χ3n) is 1.69. The molecule has 0 aromatic rings. The zero-order chi connectivity index (χ0) is 9.35. The van der Waals surface area contributed by atoms with Crippen LogP contribution in [0.3, 0.4) is 0 Å². The molecule has 0 atom stereocenters. The van der Waals surface area contributed by atoms with E-state index >= 15 is 0 Å². The minimum Gasteiger partial charge on any atom is -0.285 e. The van der Waals surface area contributed by atoms with Crippen LogP contribution in [0, 0.1) is 5.92 Å². The Kier molecular flexibility index (Phi) is 2.26. The minimum absolute atomic E-state index is 0.152. The maximum absolute atomic E-state index is 12.2. The summed E-state index contributed by atoms with van der Waals surface area (Å²) in [4.78, 5) is 3.79. The molecule has 0 saturated carbocycles. The van der Waals surface area contributed by atoms with Gasteiger partial charge in [0.25, 0.3) is 0 Å². The Hall–Kier alpha value is -0.800. The van der Waals surface area contributed by atoms with Crippen LogP contribution in [0.1, 0.15) is 13.8 Å². The van der Waals surface area contributed by atoms with Crippen LogP contribution in [0.4, 0.5) is 13.2 Å². The highest BCUT2D eigenvalue weighted by atomic mass is 19.4. The van der Waals surface area contributed by atoms with Crippen LogP contribution in [0.2, 0.25) is 0 Å². The maximum atomic E-state index is 12.2. The first-order chi connectivity index (χ1) is 5.43. The molecule has 0 fully saturated rings. The molecule has 1 aliphatic rings. The summed E-state index contributed by atoms with van der Waals surface area (Å²) in [6.45, 7) is 3.59. The standard InChI is InChI=1S/C8H10F3N/c1-5(2)7-6(3-4-12-7)8(9,10)11/h3,5H,4H2,1-2H3. The topological polar surface area (TPSA) is 12.4 Å². The predicted octanol–water partition coefficient (Wildman–Crippen LogP) is 2.59. The molecular weight excluding hydrogens is 167 g/mol. The number of nitrogens with zero attached hydrogens (tertiary/aromatic N) is 1. The van der Waals surface area contributed by atoms with Crippen molar-refractivity contribution in [2.45, 2.75) is 20.0 Å². The van der Waals surface area contributed by atoms with Crippen molar-refractivity contribution in [1.29, 1.82) is 0 Å². The third-order valence-corrected chi connectivity index (χ3v) is 1.69. The Balaban J connectivity index is 2.88. The van der Waals surface area contributed by atoms with Crippen LogP contribution in [-0.2, 0) is 0 Å². The molecule has 0 saturated heterocycles. The van der Waals surface area contributed by atoms with E-state index in [1.54, 1.807) is 13.8 Å². The number of hydrogen-bond donors (Lipinski definition) is 0. The van der Waals surface area contributed by atoms with Gasteiger partial charge in [-0.1, -0.05) is 13.8 Å². The second-order valence-corrected chi connectivity index (χ2v) is 3.00. The van der Waals surface area contributed by atoms with Crippen LogP contribution >= 0.6 is 0 Å². The number of allylic oxidation sites excluding steroid dienone is 1. The molecule has 0 aromatic carbocycles. The van der Waals surface area contributed by atoms with Gasteiger partial charge in [-0.05, 0) is 12.0 Å². The molecule has 0 aliphatic carbocycles. The zero-order valence-corrected chi connectivity index (χ0v) is 6.94.